The van der Waals surface area contributed by atoms with Gasteiger partial charge in [0.15, 0.2) is 0 Å². The molecule has 0 N–H and O–H groups in total. The summed E-state index contributed by atoms with van der Waals surface area (Å²) >= 11 is 1.56. The van der Waals surface area contributed by atoms with Crippen molar-refractivity contribution in [2.24, 2.45) is 4.99 Å². The topological polar surface area (TPSA) is 15.6 Å². The van der Waals surface area contributed by atoms with Gasteiger partial charge in [0.2, 0.25) is 0 Å². The summed E-state index contributed by atoms with van der Waals surface area (Å²) in [5.41, 5.74) is 1.10. The zero-order valence-electron chi connectivity index (χ0n) is 7.70. The summed E-state index contributed by atoms with van der Waals surface area (Å²) in [5, 5.41) is 2.98. The van der Waals surface area contributed by atoms with E-state index in [-0.39, 0.29) is 6.54 Å². The Morgan fingerprint density at radius 3 is 3.14 bits per heavy atom. The standard InChI is InChI=1S/C9H10F2N2S/c1-6-4-14-9-7(6)2-13(5-12-9)3-8(10)11/h2,4,8H,3,5H2,1H3. The molecule has 0 saturated heterocycles. The molecule has 2 heterocycles. The molecule has 0 fully saturated rings. The average molecular weight is 216 g/mol. The molecule has 0 aromatic carbocycles. The number of hydrogen-bond donors (Lipinski definition) is 0. The fourth-order valence-electron chi connectivity index (χ4n) is 1.39. The van der Waals surface area contributed by atoms with Gasteiger partial charge in [-0.3, -0.25) is 4.99 Å². The van der Waals surface area contributed by atoms with Gasteiger partial charge in [-0.05, 0) is 17.9 Å². The van der Waals surface area contributed by atoms with Crippen LogP contribution in [0.5, 0.6) is 0 Å². The second-order valence-corrected chi connectivity index (χ2v) is 4.09. The molecule has 0 aliphatic carbocycles. The third-order valence-electron chi connectivity index (χ3n) is 2.08. The van der Waals surface area contributed by atoms with Crippen molar-refractivity contribution in [2.75, 3.05) is 13.2 Å². The number of halogens is 2. The van der Waals surface area contributed by atoms with Gasteiger partial charge in [0.25, 0.3) is 6.43 Å². The third-order valence-corrected chi connectivity index (χ3v) is 3.13. The highest BCUT2D eigenvalue weighted by atomic mass is 32.1. The molecule has 5 heteroatoms. The molecular weight excluding hydrogens is 206 g/mol. The number of rotatable bonds is 2. The van der Waals surface area contributed by atoms with Crippen LogP contribution in [0.1, 0.15) is 5.56 Å². The van der Waals surface area contributed by atoms with Crippen LogP contribution in [0.4, 0.5) is 8.78 Å². The maximum Gasteiger partial charge on any atom is 0.255 e. The van der Waals surface area contributed by atoms with E-state index in [2.05, 4.69) is 4.99 Å². The van der Waals surface area contributed by atoms with Gasteiger partial charge in [-0.25, -0.2) is 8.78 Å². The van der Waals surface area contributed by atoms with E-state index in [0.717, 1.165) is 15.5 Å². The van der Waals surface area contributed by atoms with E-state index in [0.29, 0.717) is 6.67 Å². The summed E-state index contributed by atoms with van der Waals surface area (Å²) in [7, 11) is 0. The predicted molar refractivity (Wildman–Crippen MR) is 51.9 cm³/mol. The number of thiophene rings is 1. The number of hydrogen-bond acceptors (Lipinski definition) is 3. The monoisotopic (exact) mass is 216 g/mol. The van der Waals surface area contributed by atoms with Gasteiger partial charge >= 0.3 is 0 Å². The van der Waals surface area contributed by atoms with Gasteiger partial charge < -0.3 is 4.90 Å². The van der Waals surface area contributed by atoms with Crippen LogP contribution in [0, 0.1) is 6.92 Å². The Kier molecular flexibility index (Phi) is 2.50. The zero-order valence-corrected chi connectivity index (χ0v) is 8.52. The van der Waals surface area contributed by atoms with Gasteiger partial charge in [0.05, 0.1) is 6.54 Å². The predicted octanol–water partition coefficient (Wildman–Crippen LogP) is 0.952. The molecule has 1 aliphatic rings. The Morgan fingerprint density at radius 2 is 2.43 bits per heavy atom. The second-order valence-electron chi connectivity index (χ2n) is 3.23. The van der Waals surface area contributed by atoms with Crippen LogP contribution < -0.4 is 9.89 Å². The second kappa shape index (κ2) is 3.65. The first-order valence-electron chi connectivity index (χ1n) is 4.29. The van der Waals surface area contributed by atoms with Gasteiger partial charge in [-0.1, -0.05) is 0 Å². The summed E-state index contributed by atoms with van der Waals surface area (Å²) in [6.07, 6.45) is -0.526. The van der Waals surface area contributed by atoms with E-state index in [4.69, 9.17) is 0 Å². The van der Waals surface area contributed by atoms with E-state index in [1.54, 1.807) is 22.4 Å². The fourth-order valence-corrected chi connectivity index (χ4v) is 2.27. The molecule has 1 aromatic rings. The fraction of sp³-hybridized carbons (Fsp3) is 0.444. The van der Waals surface area contributed by atoms with E-state index in [9.17, 15) is 8.78 Å². The van der Waals surface area contributed by atoms with Crippen molar-refractivity contribution >= 4 is 17.5 Å². The lowest BCUT2D eigenvalue weighted by Crippen LogP contribution is -2.36. The minimum atomic E-state index is -2.30. The lowest BCUT2D eigenvalue weighted by atomic mass is 10.3. The summed E-state index contributed by atoms with van der Waals surface area (Å²) < 4.78 is 25.2. The molecular formula is C9H10F2N2S. The van der Waals surface area contributed by atoms with Gasteiger partial charge in [-0.15, -0.1) is 11.3 Å². The summed E-state index contributed by atoms with van der Waals surface area (Å²) in [4.78, 5) is 5.78. The molecule has 1 aromatic heterocycles. The van der Waals surface area contributed by atoms with Crippen LogP contribution in [0.15, 0.2) is 10.4 Å². The molecule has 1 aliphatic heterocycles. The van der Waals surface area contributed by atoms with Crippen molar-refractivity contribution in [3.8, 4) is 0 Å². The molecule has 0 saturated carbocycles. The summed E-state index contributed by atoms with van der Waals surface area (Å²) in [6.45, 7) is 2.07. The normalized spacial score (nSPS) is 15.0. The maximum atomic E-state index is 12.1. The van der Waals surface area contributed by atoms with Crippen LogP contribution >= 0.6 is 11.3 Å². The quantitative estimate of drug-likeness (QED) is 0.718. The number of aryl methyl sites for hydroxylation is 1. The van der Waals surface area contributed by atoms with Crippen LogP contribution in [-0.2, 0) is 0 Å². The minimum absolute atomic E-state index is 0.238. The van der Waals surface area contributed by atoms with Gasteiger partial charge in [0.1, 0.15) is 11.3 Å². The van der Waals surface area contributed by atoms with Crippen molar-refractivity contribution in [3.63, 3.8) is 0 Å². The molecule has 14 heavy (non-hydrogen) atoms. The smallest absolute Gasteiger partial charge is 0.255 e. The molecule has 0 atom stereocenters. The lowest BCUT2D eigenvalue weighted by molar-refractivity contribution is 0.115. The van der Waals surface area contributed by atoms with Crippen LogP contribution in [-0.4, -0.2) is 24.5 Å². The highest BCUT2D eigenvalue weighted by molar-refractivity contribution is 7.07. The average Bonchev–Trinajstić information content (AvgIpc) is 2.47. The van der Waals surface area contributed by atoms with Crippen molar-refractivity contribution in [1.29, 1.82) is 0 Å². The first-order chi connectivity index (χ1) is 6.66. The first-order valence-corrected chi connectivity index (χ1v) is 5.17. The Hall–Kier alpha value is -0.970. The number of fused-ring (bicyclic) bond motifs is 1. The zero-order chi connectivity index (χ0) is 10.1. The Morgan fingerprint density at radius 1 is 1.64 bits per heavy atom. The van der Waals surface area contributed by atoms with Crippen molar-refractivity contribution in [3.05, 3.63) is 20.8 Å². The van der Waals surface area contributed by atoms with Crippen molar-refractivity contribution < 1.29 is 8.78 Å². The highest BCUT2D eigenvalue weighted by Crippen LogP contribution is 2.02. The number of nitrogens with zero attached hydrogens (tertiary/aromatic N) is 2. The Labute approximate surface area is 84.2 Å². The summed E-state index contributed by atoms with van der Waals surface area (Å²) in [5.74, 6) is 0. The molecule has 0 amide bonds. The van der Waals surface area contributed by atoms with Gasteiger partial charge in [-0.2, -0.15) is 0 Å². The molecule has 2 nitrogen and oxygen atoms in total. The molecule has 0 radical (unpaired) electrons. The summed E-state index contributed by atoms with van der Waals surface area (Å²) in [6, 6.07) is 0. The molecule has 76 valence electrons. The molecule has 0 bridgehead atoms. The van der Waals surface area contributed by atoms with Crippen molar-refractivity contribution in [1.82, 2.24) is 4.90 Å². The minimum Gasteiger partial charge on any atom is -0.352 e. The number of alkyl halides is 2. The van der Waals surface area contributed by atoms with Crippen LogP contribution in [0.25, 0.3) is 6.20 Å². The first kappa shape index (κ1) is 9.58. The Bertz CT molecular complexity index is 438. The molecule has 0 unspecified atom stereocenters. The SMILES string of the molecule is Cc1csc2c1=CN(CC(F)F)CN=2. The lowest BCUT2D eigenvalue weighted by Gasteiger charge is -2.18. The largest absolute Gasteiger partial charge is 0.352 e. The molecule has 2 rings (SSSR count). The van der Waals surface area contributed by atoms with Crippen molar-refractivity contribution in [2.45, 2.75) is 13.3 Å². The van der Waals surface area contributed by atoms with E-state index < -0.39 is 6.43 Å². The van der Waals surface area contributed by atoms with Crippen LogP contribution in [0.2, 0.25) is 0 Å². The Balaban J connectivity index is 2.32. The third kappa shape index (κ3) is 1.77. The van der Waals surface area contributed by atoms with E-state index >= 15 is 0 Å². The van der Waals surface area contributed by atoms with Gasteiger partial charge in [0, 0.05) is 11.4 Å². The molecule has 0 spiro atoms. The van der Waals surface area contributed by atoms with E-state index in [1.165, 1.54) is 0 Å². The van der Waals surface area contributed by atoms with Crippen LogP contribution in [0.3, 0.4) is 0 Å². The highest BCUT2D eigenvalue weighted by Gasteiger charge is 2.11. The maximum absolute atomic E-state index is 12.1. The van der Waals surface area contributed by atoms with E-state index in [1.807, 2.05) is 12.3 Å².